The van der Waals surface area contributed by atoms with Crippen LogP contribution in [0.5, 0.6) is 0 Å². The largest absolute Gasteiger partial charge is 0.478 e. The second-order valence-electron chi connectivity index (χ2n) is 6.61. The molecular weight excluding hydrogens is 342 g/mol. The molecule has 0 aliphatic carbocycles. The Balaban J connectivity index is 2.18. The van der Waals surface area contributed by atoms with Crippen LogP contribution in [0.4, 0.5) is 0 Å². The number of carboxylic acid groups (broad SMARTS) is 2. The molecular formula is C22H21NO4. The number of hydrogen-bond donors (Lipinski definition) is 3. The molecule has 0 atom stereocenters. The zero-order chi connectivity index (χ0) is 19.6. The number of nitrogens with one attached hydrogen (secondary N) is 1. The molecule has 1 heterocycles. The van der Waals surface area contributed by atoms with E-state index in [0.717, 1.165) is 11.1 Å². The first kappa shape index (κ1) is 18.5. The minimum atomic E-state index is -1.12. The smallest absolute Gasteiger partial charge is 0.334 e. The Morgan fingerprint density at radius 2 is 1.37 bits per heavy atom. The third-order valence-electron chi connectivity index (χ3n) is 4.82. The molecule has 138 valence electrons. The molecule has 0 unspecified atom stereocenters. The summed E-state index contributed by atoms with van der Waals surface area (Å²) >= 11 is 0. The molecule has 2 aromatic rings. The summed E-state index contributed by atoms with van der Waals surface area (Å²) in [6.07, 6.45) is 0.596. The van der Waals surface area contributed by atoms with E-state index in [9.17, 15) is 19.8 Å². The number of aliphatic carboxylic acids is 2. The Morgan fingerprint density at radius 1 is 0.852 bits per heavy atom. The standard InChI is InChI=1S/C22H21NO4/c1-13-18(21(24)25)20(19(22(26)27)14(2)23-13)17-11-7-6-10-16(17)12-15-8-4-3-5-9-15/h3-11,20,23H,12H2,1-2H3,(H,24,25)(H,26,27). The lowest BCUT2D eigenvalue weighted by molar-refractivity contribution is -0.133. The van der Waals surface area contributed by atoms with Gasteiger partial charge in [-0.05, 0) is 37.0 Å². The highest BCUT2D eigenvalue weighted by Gasteiger charge is 2.37. The van der Waals surface area contributed by atoms with E-state index in [1.165, 1.54) is 0 Å². The van der Waals surface area contributed by atoms with Crippen LogP contribution in [-0.2, 0) is 16.0 Å². The summed E-state index contributed by atoms with van der Waals surface area (Å²) < 4.78 is 0. The van der Waals surface area contributed by atoms with Gasteiger partial charge in [-0.15, -0.1) is 0 Å². The zero-order valence-electron chi connectivity index (χ0n) is 15.2. The van der Waals surface area contributed by atoms with Gasteiger partial charge in [0, 0.05) is 11.4 Å². The van der Waals surface area contributed by atoms with E-state index in [4.69, 9.17) is 0 Å². The summed E-state index contributed by atoms with van der Waals surface area (Å²) in [6.45, 7) is 3.33. The van der Waals surface area contributed by atoms with E-state index in [1.54, 1.807) is 13.8 Å². The van der Waals surface area contributed by atoms with Crippen molar-refractivity contribution in [3.8, 4) is 0 Å². The Hall–Kier alpha value is -3.34. The molecule has 1 aliphatic heterocycles. The van der Waals surface area contributed by atoms with Gasteiger partial charge in [-0.3, -0.25) is 0 Å². The second kappa shape index (κ2) is 7.50. The first-order chi connectivity index (χ1) is 12.9. The number of rotatable bonds is 5. The Bertz CT molecular complexity index is 921. The van der Waals surface area contributed by atoms with Crippen molar-refractivity contribution in [1.29, 1.82) is 0 Å². The predicted octanol–water partition coefficient (Wildman–Crippen LogP) is 3.68. The van der Waals surface area contributed by atoms with Gasteiger partial charge in [-0.1, -0.05) is 54.6 Å². The number of carbonyl (C=O) groups is 2. The molecule has 0 amide bonds. The molecule has 27 heavy (non-hydrogen) atoms. The average Bonchev–Trinajstić information content (AvgIpc) is 2.61. The van der Waals surface area contributed by atoms with Gasteiger partial charge in [-0.25, -0.2) is 9.59 Å². The van der Waals surface area contributed by atoms with Gasteiger partial charge in [0.05, 0.1) is 17.1 Å². The molecule has 0 spiro atoms. The molecule has 3 rings (SSSR count). The third-order valence-corrected chi connectivity index (χ3v) is 4.82. The lowest BCUT2D eigenvalue weighted by Crippen LogP contribution is -2.31. The summed E-state index contributed by atoms with van der Waals surface area (Å²) in [6, 6.07) is 17.3. The normalized spacial score (nSPS) is 14.9. The average molecular weight is 363 g/mol. The molecule has 2 aromatic carbocycles. The Labute approximate surface area is 157 Å². The Morgan fingerprint density at radius 3 is 1.93 bits per heavy atom. The minimum Gasteiger partial charge on any atom is -0.478 e. The van der Waals surface area contributed by atoms with Crippen molar-refractivity contribution in [2.75, 3.05) is 0 Å². The summed E-state index contributed by atoms with van der Waals surface area (Å²) in [4.78, 5) is 24.0. The van der Waals surface area contributed by atoms with Crippen LogP contribution in [0.2, 0.25) is 0 Å². The fourth-order valence-electron chi connectivity index (χ4n) is 3.66. The molecule has 5 nitrogen and oxygen atoms in total. The van der Waals surface area contributed by atoms with Crippen molar-refractivity contribution in [3.05, 3.63) is 93.8 Å². The van der Waals surface area contributed by atoms with Crippen LogP contribution in [0, 0.1) is 0 Å². The van der Waals surface area contributed by atoms with E-state index >= 15 is 0 Å². The fraction of sp³-hybridized carbons (Fsp3) is 0.182. The van der Waals surface area contributed by atoms with E-state index < -0.39 is 17.9 Å². The second-order valence-corrected chi connectivity index (χ2v) is 6.61. The van der Waals surface area contributed by atoms with Crippen LogP contribution in [-0.4, -0.2) is 22.2 Å². The zero-order valence-corrected chi connectivity index (χ0v) is 15.2. The molecule has 0 fully saturated rings. The topological polar surface area (TPSA) is 86.6 Å². The van der Waals surface area contributed by atoms with Crippen molar-refractivity contribution in [3.63, 3.8) is 0 Å². The van der Waals surface area contributed by atoms with Crippen LogP contribution < -0.4 is 5.32 Å². The highest BCUT2D eigenvalue weighted by atomic mass is 16.4. The number of allylic oxidation sites excluding steroid dienone is 2. The van der Waals surface area contributed by atoms with Crippen LogP contribution in [0.25, 0.3) is 0 Å². The minimum absolute atomic E-state index is 0.0681. The summed E-state index contributed by atoms with van der Waals surface area (Å²) in [5.74, 6) is -3.07. The summed E-state index contributed by atoms with van der Waals surface area (Å²) in [5.41, 5.74) is 3.75. The maximum Gasteiger partial charge on any atom is 0.334 e. The van der Waals surface area contributed by atoms with Gasteiger partial charge in [0.25, 0.3) is 0 Å². The van der Waals surface area contributed by atoms with Crippen LogP contribution in [0.15, 0.2) is 77.1 Å². The van der Waals surface area contributed by atoms with Gasteiger partial charge >= 0.3 is 11.9 Å². The highest BCUT2D eigenvalue weighted by Crippen LogP contribution is 2.40. The van der Waals surface area contributed by atoms with Crippen LogP contribution >= 0.6 is 0 Å². The van der Waals surface area contributed by atoms with Crippen LogP contribution in [0.1, 0.15) is 36.5 Å². The maximum atomic E-state index is 12.0. The summed E-state index contributed by atoms with van der Waals surface area (Å²) in [5, 5.41) is 22.5. The fourth-order valence-corrected chi connectivity index (χ4v) is 3.66. The van der Waals surface area contributed by atoms with Crippen molar-refractivity contribution in [2.45, 2.75) is 26.2 Å². The molecule has 1 aliphatic rings. The van der Waals surface area contributed by atoms with Crippen molar-refractivity contribution in [2.24, 2.45) is 0 Å². The quantitative estimate of drug-likeness (QED) is 0.754. The van der Waals surface area contributed by atoms with Gasteiger partial charge < -0.3 is 15.5 Å². The number of hydrogen-bond acceptors (Lipinski definition) is 3. The highest BCUT2D eigenvalue weighted by molar-refractivity contribution is 5.98. The van der Waals surface area contributed by atoms with Gasteiger partial charge in [-0.2, -0.15) is 0 Å². The van der Waals surface area contributed by atoms with Gasteiger partial charge in [0.2, 0.25) is 0 Å². The van der Waals surface area contributed by atoms with Gasteiger partial charge in [0.15, 0.2) is 0 Å². The summed E-state index contributed by atoms with van der Waals surface area (Å²) in [7, 11) is 0. The van der Waals surface area contributed by atoms with E-state index in [-0.39, 0.29) is 11.1 Å². The molecule has 0 bridgehead atoms. The lowest BCUT2D eigenvalue weighted by Gasteiger charge is -2.30. The first-order valence-corrected chi connectivity index (χ1v) is 8.67. The molecule has 0 saturated heterocycles. The molecule has 0 aromatic heterocycles. The van der Waals surface area contributed by atoms with Crippen molar-refractivity contribution >= 4 is 11.9 Å². The maximum absolute atomic E-state index is 12.0. The van der Waals surface area contributed by atoms with Crippen molar-refractivity contribution in [1.82, 2.24) is 5.32 Å². The SMILES string of the molecule is CC1=C(C(=O)O)C(c2ccccc2Cc2ccccc2)C(C(=O)O)=C(C)N1. The monoisotopic (exact) mass is 363 g/mol. The third kappa shape index (κ3) is 3.62. The molecule has 3 N–H and O–H groups in total. The Kier molecular flexibility index (Phi) is 5.12. The van der Waals surface area contributed by atoms with Gasteiger partial charge in [0.1, 0.15) is 0 Å². The number of dihydropyridines is 1. The van der Waals surface area contributed by atoms with E-state index in [1.807, 2.05) is 54.6 Å². The predicted molar refractivity (Wildman–Crippen MR) is 102 cm³/mol. The van der Waals surface area contributed by atoms with E-state index in [2.05, 4.69) is 5.32 Å². The molecule has 0 saturated carbocycles. The molecule has 5 heteroatoms. The number of carboxylic acids is 2. The lowest BCUT2D eigenvalue weighted by atomic mass is 9.78. The first-order valence-electron chi connectivity index (χ1n) is 8.67. The van der Waals surface area contributed by atoms with E-state index in [0.29, 0.717) is 23.4 Å². The molecule has 0 radical (unpaired) electrons. The van der Waals surface area contributed by atoms with Crippen molar-refractivity contribution < 1.29 is 19.8 Å². The van der Waals surface area contributed by atoms with Crippen LogP contribution in [0.3, 0.4) is 0 Å². The number of benzene rings is 2.